The maximum Gasteiger partial charge on any atom is 0.291 e. The van der Waals surface area contributed by atoms with Crippen molar-refractivity contribution in [3.63, 3.8) is 0 Å². The van der Waals surface area contributed by atoms with Gasteiger partial charge in [0.15, 0.2) is 22.4 Å². The van der Waals surface area contributed by atoms with Gasteiger partial charge in [-0.3, -0.25) is 19.6 Å². The second kappa shape index (κ2) is 7.01. The normalized spacial score (nSPS) is 10.5. The highest BCUT2D eigenvalue weighted by molar-refractivity contribution is 7.98. The molecule has 0 aliphatic carbocycles. The van der Waals surface area contributed by atoms with Gasteiger partial charge >= 0.3 is 0 Å². The molecule has 24 heavy (non-hydrogen) atoms. The van der Waals surface area contributed by atoms with Crippen molar-refractivity contribution < 1.29 is 9.21 Å². The average Bonchev–Trinajstić information content (AvgIpc) is 3.12. The number of aromatic amines is 1. The first-order chi connectivity index (χ1) is 11.6. The van der Waals surface area contributed by atoms with E-state index >= 15 is 0 Å². The summed E-state index contributed by atoms with van der Waals surface area (Å²) < 4.78 is 4.96. The summed E-state index contributed by atoms with van der Waals surface area (Å²) in [6.45, 7) is 0. The van der Waals surface area contributed by atoms with Crippen LogP contribution in [0, 0.1) is 0 Å². The highest BCUT2D eigenvalue weighted by Crippen LogP contribution is 2.20. The van der Waals surface area contributed by atoms with Gasteiger partial charge in [0.2, 0.25) is 0 Å². The zero-order valence-corrected chi connectivity index (χ0v) is 13.2. The molecule has 9 heteroatoms. The Morgan fingerprint density at radius 1 is 1.33 bits per heavy atom. The van der Waals surface area contributed by atoms with Crippen LogP contribution in [-0.2, 0) is 5.75 Å². The molecular weight excluding hydrogens is 330 g/mol. The molecule has 3 heterocycles. The van der Waals surface area contributed by atoms with E-state index in [4.69, 9.17) is 10.2 Å². The molecule has 0 spiro atoms. The molecule has 0 saturated carbocycles. The topological polar surface area (TPSA) is 127 Å². The number of anilines is 2. The summed E-state index contributed by atoms with van der Waals surface area (Å²) in [6, 6.07) is 8.61. The SMILES string of the molecule is Nc1nc(SCc2ccccn2)[nH]c(=O)c1NC(=O)c1ccco1. The van der Waals surface area contributed by atoms with Crippen molar-refractivity contribution in [3.8, 4) is 0 Å². The van der Waals surface area contributed by atoms with E-state index in [1.165, 1.54) is 24.1 Å². The van der Waals surface area contributed by atoms with Crippen LogP contribution in [0.15, 0.2) is 57.2 Å². The highest BCUT2D eigenvalue weighted by Gasteiger charge is 2.15. The van der Waals surface area contributed by atoms with Crippen LogP contribution in [0.4, 0.5) is 11.5 Å². The zero-order chi connectivity index (χ0) is 16.9. The zero-order valence-electron chi connectivity index (χ0n) is 12.4. The van der Waals surface area contributed by atoms with E-state index in [9.17, 15) is 9.59 Å². The maximum absolute atomic E-state index is 12.1. The molecule has 0 aliphatic rings. The third-order valence-corrected chi connectivity index (χ3v) is 3.90. The molecule has 0 saturated heterocycles. The van der Waals surface area contributed by atoms with Gasteiger partial charge in [-0.2, -0.15) is 0 Å². The van der Waals surface area contributed by atoms with Crippen molar-refractivity contribution in [2.24, 2.45) is 0 Å². The molecule has 0 unspecified atom stereocenters. The number of hydrogen-bond donors (Lipinski definition) is 3. The summed E-state index contributed by atoms with van der Waals surface area (Å²) in [5, 5.41) is 2.74. The van der Waals surface area contributed by atoms with Gasteiger partial charge in [-0.1, -0.05) is 17.8 Å². The van der Waals surface area contributed by atoms with Crippen LogP contribution in [0.3, 0.4) is 0 Å². The van der Waals surface area contributed by atoms with Gasteiger partial charge < -0.3 is 15.5 Å². The molecule has 3 aromatic heterocycles. The minimum Gasteiger partial charge on any atom is -0.459 e. The fourth-order valence-corrected chi connectivity index (χ4v) is 2.65. The second-order valence-electron chi connectivity index (χ2n) is 4.67. The van der Waals surface area contributed by atoms with Crippen molar-refractivity contribution in [2.75, 3.05) is 11.1 Å². The van der Waals surface area contributed by atoms with E-state index in [0.717, 1.165) is 5.69 Å². The van der Waals surface area contributed by atoms with Crippen LogP contribution in [0.2, 0.25) is 0 Å². The van der Waals surface area contributed by atoms with Crippen molar-refractivity contribution in [3.05, 3.63) is 64.6 Å². The minimum absolute atomic E-state index is 0.0674. The Bertz CT molecular complexity index is 893. The number of nitrogens with two attached hydrogens (primary N) is 1. The lowest BCUT2D eigenvalue weighted by Gasteiger charge is -2.07. The number of amides is 1. The van der Waals surface area contributed by atoms with E-state index in [2.05, 4.69) is 20.3 Å². The summed E-state index contributed by atoms with van der Waals surface area (Å²) in [7, 11) is 0. The van der Waals surface area contributed by atoms with E-state index < -0.39 is 11.5 Å². The van der Waals surface area contributed by atoms with Crippen molar-refractivity contribution in [2.45, 2.75) is 10.9 Å². The molecular formula is C15H13N5O3S. The van der Waals surface area contributed by atoms with Gasteiger partial charge in [0.05, 0.1) is 12.0 Å². The van der Waals surface area contributed by atoms with E-state index in [1.807, 2.05) is 18.2 Å². The summed E-state index contributed by atoms with van der Waals surface area (Å²) in [5.74, 6) is -0.0427. The molecule has 4 N–H and O–H groups in total. The van der Waals surface area contributed by atoms with Crippen LogP contribution >= 0.6 is 11.8 Å². The monoisotopic (exact) mass is 343 g/mol. The lowest BCUT2D eigenvalue weighted by atomic mass is 10.4. The molecule has 0 aromatic carbocycles. The van der Waals surface area contributed by atoms with Gasteiger partial charge in [0.25, 0.3) is 11.5 Å². The fourth-order valence-electron chi connectivity index (χ4n) is 1.87. The molecule has 1 amide bonds. The number of rotatable bonds is 5. The molecule has 3 aromatic rings. The van der Waals surface area contributed by atoms with Gasteiger partial charge in [-0.05, 0) is 24.3 Å². The minimum atomic E-state index is -0.576. The summed E-state index contributed by atoms with van der Waals surface area (Å²) in [4.78, 5) is 34.9. The third kappa shape index (κ3) is 3.63. The Labute approximate surface area is 140 Å². The molecule has 0 fully saturated rings. The van der Waals surface area contributed by atoms with Crippen LogP contribution in [0.25, 0.3) is 0 Å². The fraction of sp³-hybridized carbons (Fsp3) is 0.0667. The number of aromatic nitrogens is 3. The number of thioether (sulfide) groups is 1. The van der Waals surface area contributed by atoms with Crippen molar-refractivity contribution >= 4 is 29.2 Å². The van der Waals surface area contributed by atoms with Crippen LogP contribution < -0.4 is 16.6 Å². The predicted molar refractivity (Wildman–Crippen MR) is 89.7 cm³/mol. The molecule has 3 rings (SSSR count). The number of furan rings is 1. The number of nitrogen functional groups attached to an aromatic ring is 1. The Morgan fingerprint density at radius 2 is 2.21 bits per heavy atom. The highest BCUT2D eigenvalue weighted by atomic mass is 32.2. The Morgan fingerprint density at radius 3 is 2.88 bits per heavy atom. The predicted octanol–water partition coefficient (Wildman–Crippen LogP) is 1.88. The molecule has 0 bridgehead atoms. The smallest absolute Gasteiger partial charge is 0.291 e. The number of carbonyl (C=O) groups excluding carboxylic acids is 1. The number of nitrogens with zero attached hydrogens (tertiary/aromatic N) is 2. The first-order valence-corrected chi connectivity index (χ1v) is 7.89. The van der Waals surface area contributed by atoms with Gasteiger partial charge in [-0.25, -0.2) is 4.98 Å². The lowest BCUT2D eigenvalue weighted by Crippen LogP contribution is -2.22. The molecule has 0 aliphatic heterocycles. The third-order valence-electron chi connectivity index (χ3n) is 2.99. The quantitative estimate of drug-likeness (QED) is 0.477. The molecule has 8 nitrogen and oxygen atoms in total. The Kier molecular flexibility index (Phi) is 4.62. The maximum atomic E-state index is 12.1. The molecule has 122 valence electrons. The Hall–Kier alpha value is -3.07. The standard InChI is InChI=1S/C15H13N5O3S/c16-12-11(18-13(21)10-5-3-7-23-10)14(22)20-15(19-12)24-8-9-4-1-2-6-17-9/h1-7H,8H2,(H,18,21)(H3,16,19,20,22). The second-order valence-corrected chi connectivity index (χ2v) is 5.64. The van der Waals surface area contributed by atoms with Gasteiger partial charge in [0, 0.05) is 11.9 Å². The molecule has 0 radical (unpaired) electrons. The van der Waals surface area contributed by atoms with Crippen LogP contribution in [0.5, 0.6) is 0 Å². The first kappa shape index (κ1) is 15.8. The van der Waals surface area contributed by atoms with Crippen molar-refractivity contribution in [1.82, 2.24) is 15.0 Å². The number of hydrogen-bond acceptors (Lipinski definition) is 7. The number of H-pyrrole nitrogens is 1. The van der Waals surface area contributed by atoms with Crippen LogP contribution in [0.1, 0.15) is 16.2 Å². The molecule has 0 atom stereocenters. The van der Waals surface area contributed by atoms with E-state index in [-0.39, 0.29) is 17.3 Å². The van der Waals surface area contributed by atoms with E-state index in [1.54, 1.807) is 12.3 Å². The first-order valence-electron chi connectivity index (χ1n) is 6.91. The average molecular weight is 343 g/mol. The van der Waals surface area contributed by atoms with Crippen LogP contribution in [-0.4, -0.2) is 20.9 Å². The van der Waals surface area contributed by atoms with Gasteiger partial charge in [-0.15, -0.1) is 0 Å². The van der Waals surface area contributed by atoms with E-state index in [0.29, 0.717) is 10.9 Å². The summed E-state index contributed by atoms with van der Waals surface area (Å²) in [6.07, 6.45) is 3.05. The Balaban J connectivity index is 1.74. The van der Waals surface area contributed by atoms with Crippen molar-refractivity contribution in [1.29, 1.82) is 0 Å². The summed E-state index contributed by atoms with van der Waals surface area (Å²) in [5.41, 5.74) is 5.99. The summed E-state index contributed by atoms with van der Waals surface area (Å²) >= 11 is 1.29. The van der Waals surface area contributed by atoms with Gasteiger partial charge in [0.1, 0.15) is 0 Å². The number of nitrogens with one attached hydrogen (secondary N) is 2. The number of carbonyl (C=O) groups is 1. The lowest BCUT2D eigenvalue weighted by molar-refractivity contribution is 0.0996. The number of pyridine rings is 1. The largest absolute Gasteiger partial charge is 0.459 e.